The molecule has 0 aliphatic carbocycles. The lowest BCUT2D eigenvalue weighted by molar-refractivity contribution is -0.150. The molecule has 14 nitrogen and oxygen atoms in total. The third kappa shape index (κ3) is 5.12. The van der Waals surface area contributed by atoms with Crippen LogP contribution >= 0.6 is 58.2 Å². The molecule has 0 saturated carbocycles. The molecule has 0 spiro atoms. The number of nitrogens with one attached hydrogen (secondary N) is 1. The topological polar surface area (TPSA) is 236 Å². The van der Waals surface area contributed by atoms with Crippen LogP contribution in [0.25, 0.3) is 0 Å². The molecule has 190 valence electrons. The van der Waals surface area contributed by atoms with Crippen LogP contribution in [0.15, 0.2) is 26.9 Å². The number of carbonyl (C=O) groups is 3. The zero-order chi connectivity index (χ0) is 26.1. The molecule has 0 aromatic carbocycles. The van der Waals surface area contributed by atoms with E-state index in [-0.39, 0.29) is 38.4 Å². The van der Waals surface area contributed by atoms with E-state index in [2.05, 4.69) is 25.4 Å². The molecule has 19 heteroatoms. The van der Waals surface area contributed by atoms with Crippen LogP contribution < -0.4 is 22.5 Å². The Bertz CT molecular complexity index is 1300. The summed E-state index contributed by atoms with van der Waals surface area (Å²) in [5.41, 5.74) is 16.0. The van der Waals surface area contributed by atoms with E-state index >= 15 is 0 Å². The number of thiazole rings is 1. The second-order valence-corrected chi connectivity index (χ2v) is 12.1. The average Bonchev–Trinajstić information content (AvgIpc) is 3.14. The van der Waals surface area contributed by atoms with Crippen molar-refractivity contribution in [2.45, 2.75) is 16.4 Å². The maximum Gasteiger partial charge on any atom is 0.353 e. The van der Waals surface area contributed by atoms with E-state index in [1.54, 1.807) is 6.07 Å². The highest BCUT2D eigenvalue weighted by atomic mass is 35.5. The first-order chi connectivity index (χ1) is 17.1. The number of aromatic nitrogens is 3. The second kappa shape index (κ2) is 10.6. The van der Waals surface area contributed by atoms with Gasteiger partial charge >= 0.3 is 5.97 Å². The number of fused-ring (bicyclic) bond motifs is 1. The molecule has 2 aliphatic rings. The normalized spacial score (nSPS) is 19.6. The van der Waals surface area contributed by atoms with E-state index in [4.69, 9.17) is 28.8 Å². The number of nitrogens with two attached hydrogens (primary N) is 3. The van der Waals surface area contributed by atoms with Gasteiger partial charge in [0, 0.05) is 21.8 Å². The van der Waals surface area contributed by atoms with E-state index in [1.807, 2.05) is 0 Å². The number of hydrogen-bond donors (Lipinski definition) is 6. The molecule has 2 aliphatic heterocycles. The number of β-lactam (4-membered cyclic amide) rings is 1. The van der Waals surface area contributed by atoms with E-state index in [9.17, 15) is 24.7 Å². The minimum absolute atomic E-state index is 0.0261. The van der Waals surface area contributed by atoms with Gasteiger partial charge in [0.05, 0.1) is 0 Å². The van der Waals surface area contributed by atoms with Crippen molar-refractivity contribution < 1.29 is 24.7 Å². The molecular formula is C17H16ClN9O5S4. The summed E-state index contributed by atoms with van der Waals surface area (Å²) >= 11 is 10.7. The maximum absolute atomic E-state index is 12.9. The third-order valence-corrected chi connectivity index (χ3v) is 9.42. The van der Waals surface area contributed by atoms with Gasteiger partial charge in [-0.05, 0) is 0 Å². The van der Waals surface area contributed by atoms with Crippen LogP contribution in [0.4, 0.5) is 16.9 Å². The van der Waals surface area contributed by atoms with Crippen molar-refractivity contribution >= 4 is 98.6 Å². The Labute approximate surface area is 224 Å². The van der Waals surface area contributed by atoms with Crippen molar-refractivity contribution in [3.63, 3.8) is 0 Å². The fourth-order valence-corrected chi connectivity index (χ4v) is 7.90. The Kier molecular flexibility index (Phi) is 7.69. The number of thioether (sulfide) groups is 3. The number of rotatable bonds is 8. The Morgan fingerprint density at radius 1 is 1.28 bits per heavy atom. The number of carbonyl (C=O) groups excluding carboxylic acids is 2. The maximum atomic E-state index is 12.9. The highest BCUT2D eigenvalue weighted by Crippen LogP contribution is 2.44. The fourth-order valence-electron chi connectivity index (χ4n) is 3.27. The van der Waals surface area contributed by atoms with Crippen molar-refractivity contribution in [1.82, 2.24) is 25.2 Å². The molecule has 2 atom stereocenters. The first kappa shape index (κ1) is 26.1. The first-order valence-corrected chi connectivity index (χ1v) is 13.8. The van der Waals surface area contributed by atoms with Gasteiger partial charge in [0.25, 0.3) is 11.8 Å². The summed E-state index contributed by atoms with van der Waals surface area (Å²) in [5, 5.41) is 24.8. The van der Waals surface area contributed by atoms with Crippen molar-refractivity contribution in [3.05, 3.63) is 26.7 Å². The lowest BCUT2D eigenvalue weighted by Crippen LogP contribution is -2.71. The molecular weight excluding hydrogens is 574 g/mol. The van der Waals surface area contributed by atoms with Crippen LogP contribution in [0.3, 0.4) is 0 Å². The number of nitrogens with zero attached hydrogens (tertiary/aromatic N) is 5. The van der Waals surface area contributed by atoms with Crippen molar-refractivity contribution in [3.8, 4) is 0 Å². The summed E-state index contributed by atoms with van der Waals surface area (Å²) in [4.78, 5) is 50.9. The number of carboxylic acid groups (broad SMARTS) is 1. The van der Waals surface area contributed by atoms with Gasteiger partial charge in [-0.2, -0.15) is 4.98 Å². The van der Waals surface area contributed by atoms with Crippen molar-refractivity contribution in [1.29, 1.82) is 0 Å². The molecule has 2 unspecified atom stereocenters. The number of oxime groups is 1. The molecule has 0 radical (unpaired) electrons. The van der Waals surface area contributed by atoms with Gasteiger partial charge in [-0.3, -0.25) is 14.5 Å². The fraction of sp³-hybridized carbons (Fsp3) is 0.235. The van der Waals surface area contributed by atoms with Gasteiger partial charge in [0.1, 0.15) is 38.0 Å². The quantitative estimate of drug-likeness (QED) is 0.0472. The first-order valence-electron chi connectivity index (χ1n) is 9.62. The number of nitrogen functional groups attached to an aromatic ring is 3. The van der Waals surface area contributed by atoms with E-state index in [1.165, 1.54) is 35.3 Å². The van der Waals surface area contributed by atoms with E-state index in [0.29, 0.717) is 15.0 Å². The van der Waals surface area contributed by atoms with E-state index in [0.717, 1.165) is 16.2 Å². The standard InChI is InChI=1S/C17H16ClN9O5S4/c18-11-7(25-17(21)36-11)8(26-32)12(28)24-9-13(29)27-10(15(30)31)4(2-33-14(9)27)34-3-35-6-1-5(19)22-16(20)23-6/h1,9,14,32H,2-3H2,(H2,21,25)(H,24,28)(H,30,31)(H4,19,20,22,23)/b26-8-. The zero-order valence-corrected chi connectivity index (χ0v) is 21.8. The molecule has 1 saturated heterocycles. The largest absolute Gasteiger partial charge is 0.477 e. The van der Waals surface area contributed by atoms with Gasteiger partial charge in [-0.1, -0.05) is 39.9 Å². The number of aliphatic carboxylic acids is 1. The average molecular weight is 590 g/mol. The molecule has 4 heterocycles. The minimum Gasteiger partial charge on any atom is -0.477 e. The Balaban J connectivity index is 1.45. The summed E-state index contributed by atoms with van der Waals surface area (Å²) in [7, 11) is 0. The monoisotopic (exact) mass is 589 g/mol. The van der Waals surface area contributed by atoms with Gasteiger partial charge in [0.2, 0.25) is 5.95 Å². The summed E-state index contributed by atoms with van der Waals surface area (Å²) in [5.74, 6) is -2.28. The predicted molar refractivity (Wildman–Crippen MR) is 139 cm³/mol. The van der Waals surface area contributed by atoms with Crippen LogP contribution in [0.5, 0.6) is 0 Å². The van der Waals surface area contributed by atoms with Crippen LogP contribution in [0, 0.1) is 0 Å². The number of halogens is 1. The number of amides is 2. The van der Waals surface area contributed by atoms with Gasteiger partial charge in [-0.15, -0.1) is 23.5 Å². The van der Waals surface area contributed by atoms with Crippen molar-refractivity contribution in [2.24, 2.45) is 5.16 Å². The summed E-state index contributed by atoms with van der Waals surface area (Å²) < 4.78 is 0.0343. The Hall–Kier alpha value is -2.93. The number of carboxylic acids is 1. The molecule has 2 aromatic heterocycles. The van der Waals surface area contributed by atoms with Gasteiger partial charge in [-0.25, -0.2) is 14.8 Å². The molecule has 9 N–H and O–H groups in total. The van der Waals surface area contributed by atoms with Gasteiger partial charge in [0.15, 0.2) is 10.8 Å². The second-order valence-electron chi connectivity index (χ2n) is 6.96. The number of hydrogen-bond acceptors (Lipinski definition) is 15. The number of anilines is 3. The van der Waals surface area contributed by atoms with Crippen molar-refractivity contribution in [2.75, 3.05) is 28.0 Å². The summed E-state index contributed by atoms with van der Waals surface area (Å²) in [6.45, 7) is 0. The van der Waals surface area contributed by atoms with Gasteiger partial charge < -0.3 is 32.8 Å². The summed E-state index contributed by atoms with van der Waals surface area (Å²) in [6.07, 6.45) is 0. The lowest BCUT2D eigenvalue weighted by atomic mass is 10.0. The molecule has 2 aromatic rings. The zero-order valence-electron chi connectivity index (χ0n) is 17.7. The SMILES string of the molecule is Nc1cc(SCSC2=C(C(=O)O)N3C(=O)C(NC(=O)/C(=N\O)c4nc(N)sc4Cl)C3SC2)nc(N)n1. The van der Waals surface area contributed by atoms with Crippen LogP contribution in [0.2, 0.25) is 4.34 Å². The third-order valence-electron chi connectivity index (χ3n) is 4.74. The predicted octanol–water partition coefficient (Wildman–Crippen LogP) is 0.690. The van der Waals surface area contributed by atoms with Crippen LogP contribution in [-0.4, -0.2) is 75.9 Å². The minimum atomic E-state index is -1.27. The smallest absolute Gasteiger partial charge is 0.353 e. The molecule has 2 amide bonds. The molecule has 0 bridgehead atoms. The highest BCUT2D eigenvalue weighted by molar-refractivity contribution is 8.18. The molecule has 4 rings (SSSR count). The van der Waals surface area contributed by atoms with Crippen LogP contribution in [0.1, 0.15) is 5.69 Å². The van der Waals surface area contributed by atoms with Crippen LogP contribution in [-0.2, 0) is 14.4 Å². The lowest BCUT2D eigenvalue weighted by Gasteiger charge is -2.49. The highest BCUT2D eigenvalue weighted by Gasteiger charge is 2.54. The molecule has 1 fully saturated rings. The summed E-state index contributed by atoms with van der Waals surface area (Å²) in [6, 6.07) is 0.500. The Morgan fingerprint density at radius 3 is 2.64 bits per heavy atom. The van der Waals surface area contributed by atoms with E-state index < -0.39 is 34.9 Å². The Morgan fingerprint density at radius 2 is 2.03 bits per heavy atom. The molecule has 36 heavy (non-hydrogen) atoms.